The number of aliphatic carboxylic acids is 1. The second-order valence-corrected chi connectivity index (χ2v) is 12.5. The average molecular weight is 668 g/mol. The zero-order valence-electron chi connectivity index (χ0n) is 26.6. The molecule has 0 aliphatic carbocycles. The molecule has 2 heterocycles. The van der Waals surface area contributed by atoms with Gasteiger partial charge in [0, 0.05) is 6.42 Å². The van der Waals surface area contributed by atoms with Crippen LogP contribution in [0.2, 0.25) is 0 Å². The number of nitrogens with two attached hydrogens (primary N) is 1. The molecule has 258 valence electrons. The van der Waals surface area contributed by atoms with Crippen molar-refractivity contribution in [2.24, 2.45) is 17.6 Å². The average Bonchev–Trinajstić information content (AvgIpc) is 3.46. The Balaban J connectivity index is 1.82. The summed E-state index contributed by atoms with van der Waals surface area (Å²) in [5.74, 6) is -9.97. The van der Waals surface area contributed by atoms with Gasteiger partial charge in [-0.3, -0.25) is 43.8 Å². The van der Waals surface area contributed by atoms with Crippen molar-refractivity contribution in [2.75, 3.05) is 26.2 Å². The molecule has 1 aromatic carbocycles. The van der Waals surface area contributed by atoms with Crippen LogP contribution in [0.15, 0.2) is 30.3 Å². The standard InChI is InChI=1S/C31H40F3N5O8/c1-17(2)25(26(44)31(32,33)34)38-12-8-11-20(38)27(45)36-29(47)30(35,18(3)4)22(40)14-37-15-23(41)39(16-24(42)43)21(28(37)46)13-19-9-6-5-7-10-19/h5-7,9-10,17-18,20-21,25H,8,11-16,35H2,1-4H3,(H,42,43)(H,36,45,47)/t20-,21?,25-,30+/m0/s1. The molecule has 13 nitrogen and oxygen atoms in total. The van der Waals surface area contributed by atoms with E-state index < -0.39 is 102 Å². The number of ketones is 2. The van der Waals surface area contributed by atoms with E-state index >= 15 is 0 Å². The molecule has 0 saturated carbocycles. The summed E-state index contributed by atoms with van der Waals surface area (Å²) < 4.78 is 40.1. The quantitative estimate of drug-likeness (QED) is 0.251. The second kappa shape index (κ2) is 14.7. The van der Waals surface area contributed by atoms with Gasteiger partial charge >= 0.3 is 12.1 Å². The van der Waals surface area contributed by atoms with E-state index in [1.807, 2.05) is 0 Å². The number of imide groups is 1. The van der Waals surface area contributed by atoms with Crippen LogP contribution in [0.1, 0.15) is 46.1 Å². The van der Waals surface area contributed by atoms with E-state index in [1.54, 1.807) is 30.3 Å². The van der Waals surface area contributed by atoms with Crippen LogP contribution in [0.3, 0.4) is 0 Å². The van der Waals surface area contributed by atoms with E-state index in [-0.39, 0.29) is 25.8 Å². The van der Waals surface area contributed by atoms with E-state index in [4.69, 9.17) is 5.73 Å². The maximum Gasteiger partial charge on any atom is 0.451 e. The highest BCUT2D eigenvalue weighted by Crippen LogP contribution is 2.30. The summed E-state index contributed by atoms with van der Waals surface area (Å²) in [6.07, 6.45) is -4.89. The lowest BCUT2D eigenvalue weighted by atomic mass is 9.81. The third kappa shape index (κ3) is 8.22. The number of carboxylic acids is 1. The molecule has 0 radical (unpaired) electrons. The monoisotopic (exact) mass is 667 g/mol. The molecule has 3 rings (SSSR count). The normalized spacial score (nSPS) is 21.1. The Bertz CT molecular complexity index is 1400. The molecule has 2 aliphatic rings. The minimum absolute atomic E-state index is 0.0119. The van der Waals surface area contributed by atoms with Crippen molar-refractivity contribution in [3.05, 3.63) is 35.9 Å². The molecule has 1 aromatic rings. The Hall–Kier alpha value is -4.18. The van der Waals surface area contributed by atoms with E-state index in [0.29, 0.717) is 5.56 Å². The molecule has 0 spiro atoms. The molecule has 4 atom stereocenters. The first-order chi connectivity index (χ1) is 21.8. The number of halogens is 3. The molecule has 2 fully saturated rings. The van der Waals surface area contributed by atoms with Gasteiger partial charge in [-0.15, -0.1) is 0 Å². The summed E-state index contributed by atoms with van der Waals surface area (Å²) in [5, 5.41) is 11.4. The van der Waals surface area contributed by atoms with E-state index in [1.165, 1.54) is 27.7 Å². The maximum atomic E-state index is 13.7. The Kier molecular flexibility index (Phi) is 11.7. The summed E-state index contributed by atoms with van der Waals surface area (Å²) in [6, 6.07) is 4.25. The molecule has 1 unspecified atom stereocenters. The minimum Gasteiger partial charge on any atom is -0.480 e. The first kappa shape index (κ1) is 37.3. The van der Waals surface area contributed by atoms with Crippen LogP contribution in [-0.2, 0) is 40.0 Å². The molecule has 0 bridgehead atoms. The number of rotatable bonds is 13. The fraction of sp³-hybridized carbons (Fsp3) is 0.581. The Labute approximate surface area is 269 Å². The van der Waals surface area contributed by atoms with Gasteiger partial charge in [0.05, 0.1) is 18.6 Å². The highest BCUT2D eigenvalue weighted by Gasteiger charge is 2.52. The predicted molar refractivity (Wildman–Crippen MR) is 159 cm³/mol. The van der Waals surface area contributed by atoms with Crippen molar-refractivity contribution in [3.8, 4) is 0 Å². The number of benzene rings is 1. The Morgan fingerprint density at radius 1 is 1.02 bits per heavy atom. The summed E-state index contributed by atoms with van der Waals surface area (Å²) >= 11 is 0. The SMILES string of the molecule is CC(C)[C@@H](C(=O)C(F)(F)F)N1CCC[C@H]1C(=O)NC(=O)[C@](N)(C(=O)CN1CC(=O)N(CC(=O)O)C(Cc2ccccc2)C1=O)C(C)C. The smallest absolute Gasteiger partial charge is 0.451 e. The summed E-state index contributed by atoms with van der Waals surface area (Å²) in [6.45, 7) is 3.39. The highest BCUT2D eigenvalue weighted by atomic mass is 19.4. The van der Waals surface area contributed by atoms with Crippen LogP contribution >= 0.6 is 0 Å². The van der Waals surface area contributed by atoms with Crippen LogP contribution in [0.5, 0.6) is 0 Å². The number of likely N-dealkylation sites (tertiary alicyclic amines) is 1. The van der Waals surface area contributed by atoms with Gasteiger partial charge in [0.2, 0.25) is 17.7 Å². The van der Waals surface area contributed by atoms with Crippen molar-refractivity contribution < 1.29 is 51.8 Å². The fourth-order valence-electron chi connectivity index (χ4n) is 6.08. The number of carbonyl (C=O) groups is 7. The number of carbonyl (C=O) groups excluding carboxylic acids is 6. The van der Waals surface area contributed by atoms with Crippen molar-refractivity contribution in [2.45, 2.75) is 76.8 Å². The predicted octanol–water partition coefficient (Wildman–Crippen LogP) is 0.539. The molecule has 47 heavy (non-hydrogen) atoms. The summed E-state index contributed by atoms with van der Waals surface area (Å²) in [4.78, 5) is 93.7. The molecule has 16 heteroatoms. The van der Waals surface area contributed by atoms with Crippen molar-refractivity contribution in [3.63, 3.8) is 0 Å². The van der Waals surface area contributed by atoms with Crippen LogP contribution in [-0.4, -0.2) is 117 Å². The second-order valence-electron chi connectivity index (χ2n) is 12.5. The summed E-state index contributed by atoms with van der Waals surface area (Å²) in [7, 11) is 0. The minimum atomic E-state index is -5.15. The van der Waals surface area contributed by atoms with Crippen LogP contribution in [0, 0.1) is 11.8 Å². The maximum absolute atomic E-state index is 13.7. The molecule has 2 aliphatic heterocycles. The van der Waals surface area contributed by atoms with Crippen LogP contribution in [0.25, 0.3) is 0 Å². The summed E-state index contributed by atoms with van der Waals surface area (Å²) in [5.41, 5.74) is 4.53. The number of hydrogen-bond donors (Lipinski definition) is 3. The number of carboxylic acid groups (broad SMARTS) is 1. The Morgan fingerprint density at radius 2 is 1.64 bits per heavy atom. The number of amides is 4. The largest absolute Gasteiger partial charge is 0.480 e. The van der Waals surface area contributed by atoms with Crippen LogP contribution in [0.4, 0.5) is 13.2 Å². The third-order valence-corrected chi connectivity index (χ3v) is 8.65. The highest BCUT2D eigenvalue weighted by molar-refractivity contribution is 6.16. The van der Waals surface area contributed by atoms with Crippen molar-refractivity contribution in [1.29, 1.82) is 0 Å². The van der Waals surface area contributed by atoms with Gasteiger partial charge in [0.25, 0.3) is 11.7 Å². The molecule has 0 aromatic heterocycles. The lowest BCUT2D eigenvalue weighted by molar-refractivity contribution is -0.179. The molecule has 2 saturated heterocycles. The first-order valence-electron chi connectivity index (χ1n) is 15.2. The van der Waals surface area contributed by atoms with E-state index in [0.717, 1.165) is 14.7 Å². The number of Topliss-reactive ketones (excluding diaryl/α,β-unsaturated/α-hetero) is 2. The van der Waals surface area contributed by atoms with Gasteiger partial charge in [-0.25, -0.2) is 0 Å². The molecular weight excluding hydrogens is 627 g/mol. The number of piperazine rings is 1. The lowest BCUT2D eigenvalue weighted by Gasteiger charge is -2.40. The van der Waals surface area contributed by atoms with Crippen molar-refractivity contribution >= 4 is 41.2 Å². The number of nitrogens with zero attached hydrogens (tertiary/aromatic N) is 3. The molecular formula is C31H40F3N5O8. The van der Waals surface area contributed by atoms with Gasteiger partial charge < -0.3 is 20.6 Å². The van der Waals surface area contributed by atoms with Gasteiger partial charge in [0.15, 0.2) is 11.3 Å². The molecule has 4 amide bonds. The topological polar surface area (TPSA) is 187 Å². The van der Waals surface area contributed by atoms with E-state index in [2.05, 4.69) is 5.32 Å². The number of hydrogen-bond acceptors (Lipinski definition) is 9. The number of alkyl halides is 3. The lowest BCUT2D eigenvalue weighted by Crippen LogP contribution is -2.68. The van der Waals surface area contributed by atoms with Gasteiger partial charge in [-0.1, -0.05) is 58.0 Å². The Morgan fingerprint density at radius 3 is 2.17 bits per heavy atom. The first-order valence-corrected chi connectivity index (χ1v) is 15.2. The number of nitrogens with one attached hydrogen (secondary N) is 1. The third-order valence-electron chi connectivity index (χ3n) is 8.65. The van der Waals surface area contributed by atoms with Crippen LogP contribution < -0.4 is 11.1 Å². The zero-order chi connectivity index (χ0) is 35.4. The fourth-order valence-corrected chi connectivity index (χ4v) is 6.08. The van der Waals surface area contributed by atoms with Crippen molar-refractivity contribution in [1.82, 2.24) is 20.0 Å². The van der Waals surface area contributed by atoms with E-state index in [9.17, 15) is 51.8 Å². The van der Waals surface area contributed by atoms with Gasteiger partial charge in [-0.2, -0.15) is 13.2 Å². The molecule has 4 N–H and O–H groups in total. The van der Waals surface area contributed by atoms with Gasteiger partial charge in [0.1, 0.15) is 19.1 Å². The zero-order valence-corrected chi connectivity index (χ0v) is 26.6. The van der Waals surface area contributed by atoms with Gasteiger partial charge in [-0.05, 0) is 36.8 Å².